The van der Waals surface area contributed by atoms with E-state index in [2.05, 4.69) is 15.3 Å². The Bertz CT molecular complexity index is 1290. The molecule has 0 radical (unpaired) electrons. The van der Waals surface area contributed by atoms with Gasteiger partial charge in [-0.1, -0.05) is 36.5 Å². The quantitative estimate of drug-likeness (QED) is 0.420. The number of rotatable bonds is 6. The summed E-state index contributed by atoms with van der Waals surface area (Å²) in [4.78, 5) is 54.9. The normalized spacial score (nSPS) is 23.4. The molecule has 1 fully saturated rings. The Kier molecular flexibility index (Phi) is 6.29. The molecule has 14 heteroatoms. The number of nitrogens with one attached hydrogen (secondary N) is 2. The first-order valence-electron chi connectivity index (χ1n) is 9.39. The van der Waals surface area contributed by atoms with Crippen molar-refractivity contribution >= 4 is 41.8 Å². The van der Waals surface area contributed by atoms with E-state index in [0.29, 0.717) is 16.9 Å². The van der Waals surface area contributed by atoms with E-state index in [1.807, 2.05) is 0 Å². The van der Waals surface area contributed by atoms with Crippen LogP contribution in [0.2, 0.25) is 0 Å². The number of carbonyl (C=O) groups excluding carboxylic acids is 1. The zero-order valence-corrected chi connectivity index (χ0v) is 18.2. The summed E-state index contributed by atoms with van der Waals surface area (Å²) < 4.78 is 22.8. The summed E-state index contributed by atoms with van der Waals surface area (Å²) in [6.45, 7) is 1.17. The molecule has 1 aromatic carbocycles. The molecule has 12 nitrogen and oxygen atoms in total. The summed E-state index contributed by atoms with van der Waals surface area (Å²) in [5, 5.41) is 12.0. The summed E-state index contributed by atoms with van der Waals surface area (Å²) in [5.41, 5.74) is -0.460. The molecule has 5 atom stereocenters. The Hall–Kier alpha value is -2.80. The molecule has 3 aromatic rings. The van der Waals surface area contributed by atoms with E-state index >= 15 is 0 Å². The predicted octanol–water partition coefficient (Wildman–Crippen LogP) is 0.327. The molecule has 3 heterocycles. The van der Waals surface area contributed by atoms with E-state index in [0.717, 1.165) is 4.57 Å². The van der Waals surface area contributed by atoms with Crippen LogP contribution < -0.4 is 20.6 Å². The van der Waals surface area contributed by atoms with Crippen molar-refractivity contribution in [2.45, 2.75) is 25.4 Å². The molecule has 1 amide bonds. The van der Waals surface area contributed by atoms with Crippen LogP contribution in [0.4, 0.5) is 5.95 Å². The second-order valence-electron chi connectivity index (χ2n) is 7.03. The highest BCUT2D eigenvalue weighted by molar-refractivity contribution is 7.30. The van der Waals surface area contributed by atoms with Gasteiger partial charge in [0.15, 0.2) is 18.0 Å². The third-order valence-corrected chi connectivity index (χ3v) is 6.44. The third kappa shape index (κ3) is 4.13. The number of aliphatic hydroxyl groups excluding tert-OH is 1. The highest BCUT2D eigenvalue weighted by Gasteiger charge is 2.48. The maximum absolute atomic E-state index is 12.7. The van der Waals surface area contributed by atoms with Crippen molar-refractivity contribution < 1.29 is 28.6 Å². The smallest absolute Gasteiger partial charge is 0.488 e. The third-order valence-electron chi connectivity index (χ3n) is 5.08. The number of thiazole rings is 1. The topological polar surface area (TPSA) is 176 Å². The molecule has 1 aliphatic heterocycles. The van der Waals surface area contributed by atoms with Gasteiger partial charge in [0.2, 0.25) is 5.95 Å². The number of aromatic amines is 1. The lowest BCUT2D eigenvalue weighted by molar-refractivity contribution is -0.193. The Balaban J connectivity index is 1.77. The molecule has 0 spiro atoms. The number of ether oxygens (including phenoxy) is 1. The first kappa shape index (κ1) is 22.4. The summed E-state index contributed by atoms with van der Waals surface area (Å²) in [6.07, 6.45) is -3.20. The summed E-state index contributed by atoms with van der Waals surface area (Å²) in [6, 6.07) is 8.22. The molecule has 3 N–H and O–H groups in total. The van der Waals surface area contributed by atoms with E-state index in [1.165, 1.54) is 0 Å². The van der Waals surface area contributed by atoms with E-state index in [1.54, 1.807) is 37.3 Å². The van der Waals surface area contributed by atoms with Gasteiger partial charge in [0, 0.05) is 11.5 Å². The van der Waals surface area contributed by atoms with E-state index < -0.39 is 55.6 Å². The molecular formula is C18H17N4O8PS. The Morgan fingerprint density at radius 1 is 1.41 bits per heavy atom. The number of fused-ring (bicyclic) bond motifs is 1. The van der Waals surface area contributed by atoms with E-state index in [-0.39, 0.29) is 16.3 Å². The van der Waals surface area contributed by atoms with Gasteiger partial charge in [-0.25, -0.2) is 0 Å². The fourth-order valence-electron chi connectivity index (χ4n) is 3.50. The number of H-pyrrole nitrogens is 1. The number of carbonyl (C=O) groups is 1. The molecule has 0 aliphatic carbocycles. The maximum Gasteiger partial charge on any atom is 0.488 e. The standard InChI is InChI=1S/C18H17N4O8PS/c1-8-10(7-23)29-16(11(8)30-31(27)28)22-13-12(32-18(22)26)15(25)21-17(19-13)20-14(24)9-5-3-2-4-6-9/h2-6,8,10-11,16,23H,7H2,1H3,(H2,19,20,21,24,25)/t8-,10-,11-,16-/m1/s1. The molecule has 1 saturated heterocycles. The average molecular weight is 480 g/mol. The lowest BCUT2D eigenvalue weighted by Crippen LogP contribution is -2.31. The van der Waals surface area contributed by atoms with Crippen molar-refractivity contribution in [1.82, 2.24) is 14.5 Å². The number of benzene rings is 1. The average Bonchev–Trinajstić information content (AvgIpc) is 3.24. The lowest BCUT2D eigenvalue weighted by atomic mass is 10.0. The van der Waals surface area contributed by atoms with Crippen molar-refractivity contribution in [3.63, 3.8) is 0 Å². The Labute approximate surface area is 184 Å². The number of nitrogens with zero attached hydrogens (tertiary/aromatic N) is 2. The van der Waals surface area contributed by atoms with Crippen molar-refractivity contribution in [3.05, 3.63) is 55.9 Å². The molecule has 32 heavy (non-hydrogen) atoms. The van der Waals surface area contributed by atoms with Crippen molar-refractivity contribution in [3.8, 4) is 0 Å². The number of hydrogen-bond donors (Lipinski definition) is 3. The molecule has 1 unspecified atom stereocenters. The fraction of sp³-hybridized carbons (Fsp3) is 0.333. The maximum atomic E-state index is 12.7. The van der Waals surface area contributed by atoms with Gasteiger partial charge in [-0.05, 0) is 16.7 Å². The second-order valence-corrected chi connectivity index (χ2v) is 8.65. The van der Waals surface area contributed by atoms with Crippen LogP contribution in [-0.4, -0.2) is 44.4 Å². The van der Waals surface area contributed by atoms with Gasteiger partial charge in [0.1, 0.15) is 4.70 Å². The van der Waals surface area contributed by atoms with Crippen LogP contribution in [0.5, 0.6) is 0 Å². The van der Waals surface area contributed by atoms with Crippen molar-refractivity contribution in [2.24, 2.45) is 5.92 Å². The fourth-order valence-corrected chi connectivity index (χ4v) is 4.83. The minimum Gasteiger partial charge on any atom is -0.566 e. The zero-order valence-electron chi connectivity index (χ0n) is 16.5. The minimum atomic E-state index is -3.29. The number of anilines is 1. The highest BCUT2D eigenvalue weighted by Crippen LogP contribution is 2.39. The van der Waals surface area contributed by atoms with Gasteiger partial charge in [0.05, 0.1) is 12.7 Å². The van der Waals surface area contributed by atoms with Gasteiger partial charge in [-0.15, -0.1) is 4.52 Å². The highest BCUT2D eigenvalue weighted by atomic mass is 32.1. The van der Waals surface area contributed by atoms with Gasteiger partial charge in [-0.2, -0.15) is 4.98 Å². The monoisotopic (exact) mass is 480 g/mol. The molecule has 4 rings (SSSR count). The Morgan fingerprint density at radius 3 is 2.78 bits per heavy atom. The van der Waals surface area contributed by atoms with Gasteiger partial charge in [0.25, 0.3) is 11.5 Å². The van der Waals surface area contributed by atoms with Gasteiger partial charge in [-0.3, -0.25) is 29.3 Å². The lowest BCUT2D eigenvalue weighted by Gasteiger charge is -2.17. The summed E-state index contributed by atoms with van der Waals surface area (Å²) in [5.74, 6) is -1.33. The van der Waals surface area contributed by atoms with Crippen LogP contribution in [0.3, 0.4) is 0 Å². The van der Waals surface area contributed by atoms with Crippen molar-refractivity contribution in [2.75, 3.05) is 11.9 Å². The number of aliphatic hydroxyl groups is 1. The van der Waals surface area contributed by atoms with Crippen molar-refractivity contribution in [1.29, 1.82) is 0 Å². The number of amides is 1. The number of hydrogen-bond acceptors (Lipinski definition) is 10. The van der Waals surface area contributed by atoms with E-state index in [9.17, 15) is 28.9 Å². The van der Waals surface area contributed by atoms with Gasteiger partial charge >= 0.3 is 13.1 Å². The SMILES string of the molecule is C[C@H]1[C@@H](O[P+](=O)[O-])[C@H](n2c(=O)sc3c(=O)[nH]c(NC(=O)c4ccccc4)nc32)O[C@@H]1CO. The van der Waals surface area contributed by atoms with Crippen LogP contribution >= 0.6 is 19.6 Å². The van der Waals surface area contributed by atoms with Gasteiger partial charge < -0.3 is 14.7 Å². The molecular weight excluding hydrogens is 463 g/mol. The summed E-state index contributed by atoms with van der Waals surface area (Å²) in [7, 11) is -3.29. The predicted molar refractivity (Wildman–Crippen MR) is 112 cm³/mol. The first-order chi connectivity index (χ1) is 15.3. The molecule has 168 valence electrons. The largest absolute Gasteiger partial charge is 0.566 e. The van der Waals surface area contributed by atoms with Crippen LogP contribution in [0.1, 0.15) is 23.5 Å². The van der Waals surface area contributed by atoms with Crippen LogP contribution in [0.15, 0.2) is 39.9 Å². The Morgan fingerprint density at radius 2 is 2.12 bits per heavy atom. The van der Waals surface area contributed by atoms with Crippen LogP contribution in [0.25, 0.3) is 10.3 Å². The first-order valence-corrected chi connectivity index (χ1v) is 11.3. The molecule has 2 aromatic heterocycles. The van der Waals surface area contributed by atoms with Crippen LogP contribution in [0, 0.1) is 5.92 Å². The van der Waals surface area contributed by atoms with E-state index in [4.69, 9.17) is 9.26 Å². The number of aromatic nitrogens is 3. The van der Waals surface area contributed by atoms with Crippen LogP contribution in [-0.2, 0) is 13.8 Å². The molecule has 0 saturated carbocycles. The molecule has 0 bridgehead atoms. The molecule has 1 aliphatic rings. The zero-order chi connectivity index (χ0) is 23.0. The second kappa shape index (κ2) is 8.98. The minimum absolute atomic E-state index is 0.0401. The summed E-state index contributed by atoms with van der Waals surface area (Å²) >= 11 is 0.587.